The molecule has 2 aliphatic rings. The Morgan fingerprint density at radius 1 is 1.52 bits per heavy atom. The average molecular weight is 293 g/mol. The summed E-state index contributed by atoms with van der Waals surface area (Å²) in [5.74, 6) is 0.0194. The third-order valence-corrected chi connectivity index (χ3v) is 4.24. The molecule has 2 fully saturated rings. The van der Waals surface area contributed by atoms with Crippen LogP contribution in [0, 0.1) is 0 Å². The Morgan fingerprint density at radius 2 is 2.43 bits per heavy atom. The van der Waals surface area contributed by atoms with Gasteiger partial charge in [0.1, 0.15) is 6.33 Å². The van der Waals surface area contributed by atoms with Gasteiger partial charge in [0.2, 0.25) is 5.82 Å². The van der Waals surface area contributed by atoms with Crippen molar-refractivity contribution in [2.75, 3.05) is 19.7 Å². The highest BCUT2D eigenvalue weighted by Crippen LogP contribution is 2.16. The molecule has 0 spiro atoms. The first kappa shape index (κ1) is 14.5. The zero-order chi connectivity index (χ0) is 14.7. The summed E-state index contributed by atoms with van der Waals surface area (Å²) in [7, 11) is 0. The molecule has 21 heavy (non-hydrogen) atoms. The van der Waals surface area contributed by atoms with Gasteiger partial charge in [0.05, 0.1) is 18.2 Å². The lowest BCUT2D eigenvalue weighted by molar-refractivity contribution is 0.0706. The summed E-state index contributed by atoms with van der Waals surface area (Å²) in [6, 6.07) is 0.284. The molecule has 0 bridgehead atoms. The number of carbonyl (C=O) groups excluding carboxylic acids is 1. The number of nitrogens with zero attached hydrogens (tertiary/aromatic N) is 3. The Bertz CT molecular complexity index is 477. The van der Waals surface area contributed by atoms with Crippen LogP contribution >= 0.6 is 0 Å². The Morgan fingerprint density at radius 3 is 3.14 bits per heavy atom. The number of nitrogens with one attached hydrogen (secondary N) is 2. The largest absolute Gasteiger partial charge is 0.376 e. The van der Waals surface area contributed by atoms with E-state index in [0.717, 1.165) is 45.4 Å². The van der Waals surface area contributed by atoms with Crippen molar-refractivity contribution in [3.63, 3.8) is 0 Å². The van der Waals surface area contributed by atoms with Gasteiger partial charge in [0.25, 0.3) is 5.91 Å². The van der Waals surface area contributed by atoms with E-state index in [0.29, 0.717) is 6.04 Å². The van der Waals surface area contributed by atoms with Crippen molar-refractivity contribution in [1.29, 1.82) is 0 Å². The smallest absolute Gasteiger partial charge is 0.291 e. The number of rotatable bonds is 4. The predicted molar refractivity (Wildman–Crippen MR) is 77.1 cm³/mol. The molecule has 0 unspecified atom stereocenters. The number of carbonyl (C=O) groups is 1. The van der Waals surface area contributed by atoms with E-state index in [4.69, 9.17) is 4.74 Å². The fraction of sp³-hybridized carbons (Fsp3) is 0.786. The van der Waals surface area contributed by atoms with E-state index < -0.39 is 0 Å². The summed E-state index contributed by atoms with van der Waals surface area (Å²) in [5, 5.41) is 10.6. The SMILES string of the molecule is C[C@H](NC(=O)c1ncn([C@H]2CCCNC2)n1)[C@@H]1CCCO1. The van der Waals surface area contributed by atoms with Crippen molar-refractivity contribution in [2.24, 2.45) is 0 Å². The van der Waals surface area contributed by atoms with Crippen molar-refractivity contribution in [2.45, 2.75) is 50.8 Å². The fourth-order valence-corrected chi connectivity index (χ4v) is 2.98. The quantitative estimate of drug-likeness (QED) is 0.845. The second-order valence-electron chi connectivity index (χ2n) is 5.86. The van der Waals surface area contributed by atoms with Crippen LogP contribution in [-0.4, -0.2) is 52.5 Å². The maximum absolute atomic E-state index is 12.2. The number of ether oxygens (including phenoxy) is 1. The van der Waals surface area contributed by atoms with E-state index in [9.17, 15) is 4.79 Å². The highest BCUT2D eigenvalue weighted by Gasteiger charge is 2.25. The molecule has 1 aromatic rings. The van der Waals surface area contributed by atoms with Gasteiger partial charge < -0.3 is 15.4 Å². The predicted octanol–water partition coefficient (Wildman–Crippen LogP) is 0.500. The Balaban J connectivity index is 1.58. The number of amides is 1. The van der Waals surface area contributed by atoms with Crippen LogP contribution in [0.3, 0.4) is 0 Å². The third-order valence-electron chi connectivity index (χ3n) is 4.24. The molecule has 3 rings (SSSR count). The fourth-order valence-electron chi connectivity index (χ4n) is 2.98. The maximum atomic E-state index is 12.2. The van der Waals surface area contributed by atoms with Crippen LogP contribution in [0.1, 0.15) is 49.3 Å². The van der Waals surface area contributed by atoms with Gasteiger partial charge in [-0.2, -0.15) is 0 Å². The van der Waals surface area contributed by atoms with Gasteiger partial charge in [-0.3, -0.25) is 4.79 Å². The molecule has 1 amide bonds. The van der Waals surface area contributed by atoms with Crippen molar-refractivity contribution >= 4 is 5.91 Å². The van der Waals surface area contributed by atoms with Gasteiger partial charge in [-0.25, -0.2) is 9.67 Å². The zero-order valence-electron chi connectivity index (χ0n) is 12.4. The van der Waals surface area contributed by atoms with Gasteiger partial charge in [0, 0.05) is 13.2 Å². The number of hydrogen-bond donors (Lipinski definition) is 2. The summed E-state index contributed by atoms with van der Waals surface area (Å²) in [6.45, 7) is 4.69. The van der Waals surface area contributed by atoms with E-state index in [2.05, 4.69) is 20.7 Å². The summed E-state index contributed by atoms with van der Waals surface area (Å²) in [4.78, 5) is 16.3. The van der Waals surface area contributed by atoms with Gasteiger partial charge >= 0.3 is 0 Å². The van der Waals surface area contributed by atoms with Crippen molar-refractivity contribution in [3.8, 4) is 0 Å². The van der Waals surface area contributed by atoms with Crippen molar-refractivity contribution < 1.29 is 9.53 Å². The Hall–Kier alpha value is -1.47. The first-order valence-electron chi connectivity index (χ1n) is 7.78. The number of piperidine rings is 1. The number of aromatic nitrogens is 3. The molecule has 3 atom stereocenters. The van der Waals surface area contributed by atoms with Crippen LogP contribution < -0.4 is 10.6 Å². The van der Waals surface area contributed by atoms with Gasteiger partial charge in [-0.1, -0.05) is 0 Å². The monoisotopic (exact) mass is 293 g/mol. The molecule has 0 radical (unpaired) electrons. The lowest BCUT2D eigenvalue weighted by atomic mass is 10.1. The molecule has 0 saturated carbocycles. The van der Waals surface area contributed by atoms with Crippen LogP contribution in [0.25, 0.3) is 0 Å². The molecule has 0 aromatic carbocycles. The topological polar surface area (TPSA) is 81.1 Å². The van der Waals surface area contributed by atoms with Crippen LogP contribution in [0.15, 0.2) is 6.33 Å². The molecule has 0 aliphatic carbocycles. The summed E-state index contributed by atoms with van der Waals surface area (Å²) < 4.78 is 7.39. The highest BCUT2D eigenvalue weighted by atomic mass is 16.5. The highest BCUT2D eigenvalue weighted by molar-refractivity contribution is 5.90. The van der Waals surface area contributed by atoms with E-state index in [1.165, 1.54) is 0 Å². The van der Waals surface area contributed by atoms with Gasteiger partial charge in [-0.05, 0) is 39.2 Å². The molecule has 2 N–H and O–H groups in total. The summed E-state index contributed by atoms with van der Waals surface area (Å²) >= 11 is 0. The number of hydrogen-bond acceptors (Lipinski definition) is 5. The molecule has 2 aliphatic heterocycles. The minimum Gasteiger partial charge on any atom is -0.376 e. The van der Waals surface area contributed by atoms with Gasteiger partial charge in [0.15, 0.2) is 0 Å². The molecular weight excluding hydrogens is 270 g/mol. The first-order valence-corrected chi connectivity index (χ1v) is 7.78. The standard InChI is InChI=1S/C14H23N5O2/c1-10(12-5-3-7-21-12)17-14(20)13-16-9-19(18-13)11-4-2-6-15-8-11/h9-12,15H,2-8H2,1H3,(H,17,20)/t10-,11-,12-/m0/s1. The lowest BCUT2D eigenvalue weighted by Gasteiger charge is -2.22. The maximum Gasteiger partial charge on any atom is 0.291 e. The summed E-state index contributed by atoms with van der Waals surface area (Å²) in [6.07, 6.45) is 6.03. The van der Waals surface area contributed by atoms with Gasteiger partial charge in [-0.15, -0.1) is 5.10 Å². The Kier molecular flexibility index (Phi) is 4.50. The molecular formula is C14H23N5O2. The zero-order valence-corrected chi connectivity index (χ0v) is 12.4. The lowest BCUT2D eigenvalue weighted by Crippen LogP contribution is -2.41. The van der Waals surface area contributed by atoms with Crippen LogP contribution in [-0.2, 0) is 4.74 Å². The van der Waals surface area contributed by atoms with E-state index in [1.54, 1.807) is 11.0 Å². The van der Waals surface area contributed by atoms with Crippen LogP contribution in [0.5, 0.6) is 0 Å². The third kappa shape index (κ3) is 3.41. The molecule has 7 nitrogen and oxygen atoms in total. The summed E-state index contributed by atoms with van der Waals surface area (Å²) in [5.41, 5.74) is 0. The first-order chi connectivity index (χ1) is 10.2. The normalized spacial score (nSPS) is 27.5. The molecule has 2 saturated heterocycles. The van der Waals surface area contributed by atoms with E-state index >= 15 is 0 Å². The van der Waals surface area contributed by atoms with Crippen molar-refractivity contribution in [1.82, 2.24) is 25.4 Å². The van der Waals surface area contributed by atoms with E-state index in [1.807, 2.05) is 6.92 Å². The molecule has 1 aromatic heterocycles. The van der Waals surface area contributed by atoms with Crippen molar-refractivity contribution in [3.05, 3.63) is 12.2 Å². The van der Waals surface area contributed by atoms with Crippen LogP contribution in [0.4, 0.5) is 0 Å². The molecule has 3 heterocycles. The minimum atomic E-state index is -0.222. The minimum absolute atomic E-state index is 0.0108. The average Bonchev–Trinajstić information content (AvgIpc) is 3.20. The second kappa shape index (κ2) is 6.53. The molecule has 116 valence electrons. The Labute approximate surface area is 124 Å². The van der Waals surface area contributed by atoms with Crippen LogP contribution in [0.2, 0.25) is 0 Å². The van der Waals surface area contributed by atoms with E-state index in [-0.39, 0.29) is 23.9 Å². The second-order valence-corrected chi connectivity index (χ2v) is 5.86. The molecule has 7 heteroatoms.